The van der Waals surface area contributed by atoms with Gasteiger partial charge in [0.1, 0.15) is 0 Å². The summed E-state index contributed by atoms with van der Waals surface area (Å²) in [5, 5.41) is -0.799. The molecule has 90 valence electrons. The van der Waals surface area contributed by atoms with Crippen LogP contribution in [0.3, 0.4) is 0 Å². The van der Waals surface area contributed by atoms with Crippen LogP contribution in [-0.2, 0) is 6.18 Å². The van der Waals surface area contributed by atoms with Crippen molar-refractivity contribution in [3.63, 3.8) is 0 Å². The Bertz CT molecular complexity index is 357. The third kappa shape index (κ3) is 2.55. The minimum Gasteiger partial charge on any atom is -0.323 e. The number of halogens is 3. The second kappa shape index (κ2) is 4.33. The molecule has 0 bridgehead atoms. The molecule has 2 nitrogen and oxygen atoms in total. The van der Waals surface area contributed by atoms with Crippen molar-refractivity contribution in [2.24, 2.45) is 11.7 Å². The number of alkyl halides is 3. The zero-order chi connectivity index (χ0) is 11.8. The van der Waals surface area contributed by atoms with E-state index >= 15 is 0 Å². The number of rotatable bonds is 3. The monoisotopic (exact) mass is 250 g/mol. The first-order valence-corrected chi connectivity index (χ1v) is 6.07. The Morgan fingerprint density at radius 3 is 2.62 bits per heavy atom. The molecule has 0 aliphatic heterocycles. The Hall–Kier alpha value is -0.620. The molecule has 1 unspecified atom stereocenters. The van der Waals surface area contributed by atoms with Crippen molar-refractivity contribution < 1.29 is 13.2 Å². The van der Waals surface area contributed by atoms with Gasteiger partial charge in [-0.1, -0.05) is 19.3 Å². The van der Waals surface area contributed by atoms with Crippen LogP contribution in [0.25, 0.3) is 0 Å². The fourth-order valence-corrected chi connectivity index (χ4v) is 2.59. The van der Waals surface area contributed by atoms with Gasteiger partial charge in [0.15, 0.2) is 5.01 Å². The maximum absolute atomic E-state index is 12.3. The van der Waals surface area contributed by atoms with Crippen molar-refractivity contribution in [1.82, 2.24) is 4.98 Å². The Labute approximate surface area is 95.7 Å². The normalized spacial score (nSPS) is 19.5. The molecule has 1 aromatic rings. The molecule has 1 atom stereocenters. The minimum atomic E-state index is -4.35. The van der Waals surface area contributed by atoms with E-state index in [1.54, 1.807) is 0 Å². The number of hydrogen-bond acceptors (Lipinski definition) is 3. The lowest BCUT2D eigenvalue weighted by Gasteiger charge is -2.27. The van der Waals surface area contributed by atoms with E-state index in [1.165, 1.54) is 12.6 Å². The molecule has 0 saturated heterocycles. The fraction of sp³-hybridized carbons (Fsp3) is 0.700. The molecular weight excluding hydrogens is 237 g/mol. The molecule has 2 rings (SSSR count). The molecule has 0 amide bonds. The first-order chi connectivity index (χ1) is 7.47. The topological polar surface area (TPSA) is 38.9 Å². The molecule has 1 aliphatic carbocycles. The fourth-order valence-electron chi connectivity index (χ4n) is 1.79. The zero-order valence-electron chi connectivity index (χ0n) is 8.63. The predicted octanol–water partition coefficient (Wildman–Crippen LogP) is 3.35. The van der Waals surface area contributed by atoms with Gasteiger partial charge in [-0.15, -0.1) is 11.3 Å². The van der Waals surface area contributed by atoms with Crippen LogP contribution in [0.2, 0.25) is 0 Å². The van der Waals surface area contributed by atoms with E-state index in [1.807, 2.05) is 0 Å². The van der Waals surface area contributed by atoms with E-state index in [-0.39, 0.29) is 6.04 Å². The summed E-state index contributed by atoms with van der Waals surface area (Å²) in [4.78, 5) is 3.91. The maximum Gasteiger partial charge on any atom is 0.443 e. The summed E-state index contributed by atoms with van der Waals surface area (Å²) in [6.07, 6.45) is 1.21. The SMILES string of the molecule is NC(CC1CCC1)c1cnc(C(F)(F)F)s1. The van der Waals surface area contributed by atoms with Crippen molar-refractivity contribution in [2.75, 3.05) is 0 Å². The summed E-state index contributed by atoms with van der Waals surface area (Å²) in [5.41, 5.74) is 5.87. The van der Waals surface area contributed by atoms with E-state index < -0.39 is 11.2 Å². The summed E-state index contributed by atoms with van der Waals surface area (Å²) in [7, 11) is 0. The Kier molecular flexibility index (Phi) is 3.21. The summed E-state index contributed by atoms with van der Waals surface area (Å²) >= 11 is 0.663. The quantitative estimate of drug-likeness (QED) is 0.893. The molecular formula is C10H13F3N2S. The number of aromatic nitrogens is 1. The van der Waals surface area contributed by atoms with Crippen LogP contribution in [-0.4, -0.2) is 4.98 Å². The largest absolute Gasteiger partial charge is 0.443 e. The summed E-state index contributed by atoms with van der Waals surface area (Å²) in [5.74, 6) is 0.589. The lowest BCUT2D eigenvalue weighted by molar-refractivity contribution is -0.137. The number of nitrogens with two attached hydrogens (primary N) is 1. The van der Waals surface area contributed by atoms with Gasteiger partial charge >= 0.3 is 6.18 Å². The van der Waals surface area contributed by atoms with Crippen molar-refractivity contribution in [1.29, 1.82) is 0 Å². The molecule has 1 fully saturated rings. The van der Waals surface area contributed by atoms with E-state index in [9.17, 15) is 13.2 Å². The molecule has 2 N–H and O–H groups in total. The number of nitrogens with zero attached hydrogens (tertiary/aromatic N) is 1. The first-order valence-electron chi connectivity index (χ1n) is 5.25. The highest BCUT2D eigenvalue weighted by atomic mass is 32.1. The molecule has 0 aromatic carbocycles. The lowest BCUT2D eigenvalue weighted by Crippen LogP contribution is -2.19. The summed E-state index contributed by atoms with van der Waals surface area (Å²) < 4.78 is 36.9. The van der Waals surface area contributed by atoms with Gasteiger partial charge in [0.05, 0.1) is 0 Å². The average Bonchev–Trinajstić information content (AvgIpc) is 2.58. The Balaban J connectivity index is 2.00. The summed E-state index contributed by atoms with van der Waals surface area (Å²) in [6.45, 7) is 0. The van der Waals surface area contributed by atoms with Crippen LogP contribution in [0.4, 0.5) is 13.2 Å². The van der Waals surface area contributed by atoms with Gasteiger partial charge in [-0.05, 0) is 12.3 Å². The van der Waals surface area contributed by atoms with Gasteiger partial charge < -0.3 is 5.73 Å². The molecule has 1 aromatic heterocycles. The minimum absolute atomic E-state index is 0.293. The van der Waals surface area contributed by atoms with Gasteiger partial charge in [-0.3, -0.25) is 0 Å². The molecule has 1 saturated carbocycles. The van der Waals surface area contributed by atoms with Crippen molar-refractivity contribution in [3.05, 3.63) is 16.1 Å². The maximum atomic E-state index is 12.3. The van der Waals surface area contributed by atoms with E-state index in [0.29, 0.717) is 22.1 Å². The first kappa shape index (κ1) is 11.9. The van der Waals surface area contributed by atoms with Gasteiger partial charge in [0.25, 0.3) is 0 Å². The van der Waals surface area contributed by atoms with Gasteiger partial charge in [-0.2, -0.15) is 13.2 Å². The van der Waals surface area contributed by atoms with Gasteiger partial charge in [0, 0.05) is 17.1 Å². The second-order valence-corrected chi connectivity index (χ2v) is 5.27. The zero-order valence-corrected chi connectivity index (χ0v) is 9.44. The molecule has 16 heavy (non-hydrogen) atoms. The molecule has 0 radical (unpaired) electrons. The highest BCUT2D eigenvalue weighted by Gasteiger charge is 2.35. The second-order valence-electron chi connectivity index (χ2n) is 4.20. The molecule has 1 aliphatic rings. The van der Waals surface area contributed by atoms with Crippen LogP contribution < -0.4 is 5.73 Å². The number of thiazole rings is 1. The third-order valence-corrected chi connectivity index (χ3v) is 4.12. The van der Waals surface area contributed by atoms with Crippen LogP contribution in [0, 0.1) is 5.92 Å². The molecule has 1 heterocycles. The van der Waals surface area contributed by atoms with Crippen LogP contribution in [0.5, 0.6) is 0 Å². The van der Waals surface area contributed by atoms with Gasteiger partial charge in [-0.25, -0.2) is 4.98 Å². The van der Waals surface area contributed by atoms with E-state index in [4.69, 9.17) is 5.73 Å². The van der Waals surface area contributed by atoms with Crippen LogP contribution in [0.1, 0.15) is 41.6 Å². The number of hydrogen-bond donors (Lipinski definition) is 1. The lowest BCUT2D eigenvalue weighted by atomic mass is 9.81. The standard InChI is InChI=1S/C10H13F3N2S/c11-10(12,13)9-15-5-8(16-9)7(14)4-6-2-1-3-6/h5-7H,1-4,14H2. The smallest absolute Gasteiger partial charge is 0.323 e. The Morgan fingerprint density at radius 2 is 2.19 bits per heavy atom. The van der Waals surface area contributed by atoms with Crippen LogP contribution >= 0.6 is 11.3 Å². The van der Waals surface area contributed by atoms with E-state index in [2.05, 4.69) is 4.98 Å². The van der Waals surface area contributed by atoms with Gasteiger partial charge in [0.2, 0.25) is 0 Å². The van der Waals surface area contributed by atoms with Crippen molar-refractivity contribution >= 4 is 11.3 Å². The summed E-state index contributed by atoms with van der Waals surface area (Å²) in [6, 6.07) is -0.293. The van der Waals surface area contributed by atoms with Crippen molar-refractivity contribution in [2.45, 2.75) is 37.9 Å². The van der Waals surface area contributed by atoms with E-state index in [0.717, 1.165) is 19.3 Å². The highest BCUT2D eigenvalue weighted by Crippen LogP contribution is 2.38. The average molecular weight is 250 g/mol. The molecule has 6 heteroatoms. The Morgan fingerprint density at radius 1 is 1.50 bits per heavy atom. The molecule has 0 spiro atoms. The highest BCUT2D eigenvalue weighted by molar-refractivity contribution is 7.11. The predicted molar refractivity (Wildman–Crippen MR) is 56.0 cm³/mol. The third-order valence-electron chi connectivity index (χ3n) is 2.94. The van der Waals surface area contributed by atoms with Crippen molar-refractivity contribution in [3.8, 4) is 0 Å². The van der Waals surface area contributed by atoms with Crippen LogP contribution in [0.15, 0.2) is 6.20 Å².